The molecule has 1 amide bonds. The van der Waals surface area contributed by atoms with Crippen LogP contribution in [0.25, 0.3) is 0 Å². The Hall–Kier alpha value is -2.94. The van der Waals surface area contributed by atoms with Crippen LogP contribution in [-0.2, 0) is 9.59 Å². The molecule has 2 heterocycles. The highest BCUT2D eigenvalue weighted by Crippen LogP contribution is 2.38. The summed E-state index contributed by atoms with van der Waals surface area (Å²) in [4.78, 5) is 33.8. The Kier molecular flexibility index (Phi) is 5.41. The number of nitrogens with zero attached hydrogens (tertiary/aromatic N) is 3. The Bertz CT molecular complexity index is 798. The Morgan fingerprint density at radius 2 is 2.15 bits per heavy atom. The number of anilines is 2. The summed E-state index contributed by atoms with van der Waals surface area (Å²) in [6.07, 6.45) is 8.28. The number of hydrogen-bond donors (Lipinski definition) is 4. The molecular formula is C18H24N6O3. The number of hydrogen-bond acceptors (Lipinski definition) is 8. The number of aliphatic hydroxyl groups is 1. The van der Waals surface area contributed by atoms with Crippen molar-refractivity contribution in [2.24, 2.45) is 0 Å². The van der Waals surface area contributed by atoms with E-state index >= 15 is 0 Å². The van der Waals surface area contributed by atoms with E-state index in [9.17, 15) is 14.7 Å². The number of nitrogens with one attached hydrogen (secondary N) is 2. The first-order valence-corrected chi connectivity index (χ1v) is 8.91. The molecule has 2 aliphatic rings. The van der Waals surface area contributed by atoms with Gasteiger partial charge in [-0.25, -0.2) is 9.97 Å². The molecule has 9 nitrogen and oxygen atoms in total. The van der Waals surface area contributed by atoms with Gasteiger partial charge in [0.05, 0.1) is 12.3 Å². The summed E-state index contributed by atoms with van der Waals surface area (Å²) >= 11 is 0. The lowest BCUT2D eigenvalue weighted by Gasteiger charge is -2.40. The van der Waals surface area contributed by atoms with Crippen molar-refractivity contribution >= 4 is 23.8 Å². The molecule has 5 N–H and O–H groups in total. The van der Waals surface area contributed by atoms with Crippen LogP contribution in [0.5, 0.6) is 0 Å². The summed E-state index contributed by atoms with van der Waals surface area (Å²) < 4.78 is 0. The predicted molar refractivity (Wildman–Crippen MR) is 100 cm³/mol. The molecule has 0 bridgehead atoms. The van der Waals surface area contributed by atoms with Crippen LogP contribution in [0.4, 0.5) is 11.6 Å². The Morgan fingerprint density at radius 3 is 2.78 bits per heavy atom. The van der Waals surface area contributed by atoms with Gasteiger partial charge in [-0.15, -0.1) is 0 Å². The first-order chi connectivity index (χ1) is 13.0. The zero-order valence-corrected chi connectivity index (χ0v) is 15.2. The summed E-state index contributed by atoms with van der Waals surface area (Å²) in [6.45, 7) is -0.381. The van der Waals surface area contributed by atoms with Crippen LogP contribution in [0.2, 0.25) is 0 Å². The summed E-state index contributed by atoms with van der Waals surface area (Å²) in [5.74, 6) is 0.361. The van der Waals surface area contributed by atoms with E-state index < -0.39 is 5.66 Å². The number of amides is 1. The van der Waals surface area contributed by atoms with E-state index in [0.717, 1.165) is 32.1 Å². The second kappa shape index (κ2) is 7.75. The van der Waals surface area contributed by atoms with Gasteiger partial charge in [0.25, 0.3) is 5.91 Å². The Morgan fingerprint density at radius 1 is 1.41 bits per heavy atom. The number of likely N-dealkylation sites (N-methyl/N-ethyl adjacent to an activating group) is 1. The summed E-state index contributed by atoms with van der Waals surface area (Å²) in [5, 5.41) is 15.8. The van der Waals surface area contributed by atoms with Gasteiger partial charge < -0.3 is 26.4 Å². The third-order valence-corrected chi connectivity index (χ3v) is 5.11. The van der Waals surface area contributed by atoms with Gasteiger partial charge in [-0.05, 0) is 31.8 Å². The van der Waals surface area contributed by atoms with Gasteiger partial charge in [0.1, 0.15) is 29.3 Å². The molecule has 2 fully saturated rings. The number of nitrogen functional groups attached to an aromatic ring is 1. The van der Waals surface area contributed by atoms with Gasteiger partial charge in [0, 0.05) is 18.7 Å². The average molecular weight is 372 g/mol. The number of carbonyl (C=O) groups is 2. The van der Waals surface area contributed by atoms with Gasteiger partial charge in [-0.3, -0.25) is 9.59 Å². The van der Waals surface area contributed by atoms with Crippen molar-refractivity contribution in [1.82, 2.24) is 20.2 Å². The summed E-state index contributed by atoms with van der Waals surface area (Å²) in [7, 11) is 1.85. The lowest BCUT2D eigenvalue weighted by molar-refractivity contribution is -0.117. The molecule has 1 aliphatic carbocycles. The minimum atomic E-state index is -0.408. The van der Waals surface area contributed by atoms with E-state index in [0.29, 0.717) is 23.4 Å². The SMILES string of the molecule is CN1/C(=C(\C=C(/C=O)Nc2cc(N)ncn2)CO)C(=O)NC12CCCCC2. The second-order valence-corrected chi connectivity index (χ2v) is 6.81. The van der Waals surface area contributed by atoms with Crippen LogP contribution in [0.15, 0.2) is 35.4 Å². The quantitative estimate of drug-likeness (QED) is 0.434. The molecule has 9 heteroatoms. The maximum atomic E-state index is 12.6. The lowest BCUT2D eigenvalue weighted by Crippen LogP contribution is -2.51. The average Bonchev–Trinajstić information content (AvgIpc) is 2.89. The number of rotatable bonds is 5. The maximum absolute atomic E-state index is 12.6. The fourth-order valence-corrected chi connectivity index (χ4v) is 3.74. The zero-order valence-electron chi connectivity index (χ0n) is 15.2. The van der Waals surface area contributed by atoms with Crippen molar-refractivity contribution < 1.29 is 14.7 Å². The fourth-order valence-electron chi connectivity index (χ4n) is 3.74. The van der Waals surface area contributed by atoms with Crippen molar-refractivity contribution in [3.63, 3.8) is 0 Å². The summed E-state index contributed by atoms with van der Waals surface area (Å²) in [5.41, 5.74) is 6.08. The molecular weight excluding hydrogens is 348 g/mol. The number of nitrogens with two attached hydrogens (primary N) is 1. The number of allylic oxidation sites excluding steroid dienone is 1. The number of aldehydes is 1. The number of aliphatic hydroxyl groups excluding tert-OH is 1. The molecule has 0 aromatic carbocycles. The van der Waals surface area contributed by atoms with Crippen LogP contribution >= 0.6 is 0 Å². The van der Waals surface area contributed by atoms with Crippen LogP contribution in [0.1, 0.15) is 32.1 Å². The molecule has 27 heavy (non-hydrogen) atoms. The minimum absolute atomic E-state index is 0.149. The van der Waals surface area contributed by atoms with Crippen molar-refractivity contribution in [2.45, 2.75) is 37.8 Å². The zero-order chi connectivity index (χ0) is 19.4. The van der Waals surface area contributed by atoms with Crippen molar-refractivity contribution in [3.8, 4) is 0 Å². The third-order valence-electron chi connectivity index (χ3n) is 5.11. The highest BCUT2D eigenvalue weighted by atomic mass is 16.3. The molecule has 1 aromatic heterocycles. The first kappa shape index (κ1) is 18.8. The molecule has 144 valence electrons. The van der Waals surface area contributed by atoms with E-state index in [4.69, 9.17) is 5.73 Å². The molecule has 1 aliphatic heterocycles. The largest absolute Gasteiger partial charge is 0.392 e. The van der Waals surface area contributed by atoms with Crippen LogP contribution < -0.4 is 16.4 Å². The van der Waals surface area contributed by atoms with E-state index in [1.165, 1.54) is 18.5 Å². The van der Waals surface area contributed by atoms with Crippen molar-refractivity contribution in [1.29, 1.82) is 0 Å². The van der Waals surface area contributed by atoms with Crippen LogP contribution in [0, 0.1) is 0 Å². The highest BCUT2D eigenvalue weighted by Gasteiger charge is 2.46. The van der Waals surface area contributed by atoms with E-state index in [2.05, 4.69) is 20.6 Å². The second-order valence-electron chi connectivity index (χ2n) is 6.81. The van der Waals surface area contributed by atoms with Crippen LogP contribution in [0.3, 0.4) is 0 Å². The first-order valence-electron chi connectivity index (χ1n) is 8.91. The summed E-state index contributed by atoms with van der Waals surface area (Å²) in [6, 6.07) is 1.48. The molecule has 1 spiro atoms. The highest BCUT2D eigenvalue weighted by molar-refractivity contribution is 5.97. The molecule has 1 saturated heterocycles. The van der Waals surface area contributed by atoms with Crippen molar-refractivity contribution in [2.75, 3.05) is 24.7 Å². The topological polar surface area (TPSA) is 133 Å². The third kappa shape index (κ3) is 3.77. The lowest BCUT2D eigenvalue weighted by atomic mass is 9.88. The minimum Gasteiger partial charge on any atom is -0.392 e. The molecule has 0 atom stereocenters. The molecule has 1 aromatic rings. The van der Waals surface area contributed by atoms with Gasteiger partial charge >= 0.3 is 0 Å². The standard InChI is InChI=1S/C18H24N6O3/c1-24-16(17(27)23-18(24)5-3-2-4-6-18)12(9-25)7-13(10-26)22-15-8-14(19)20-11-21-15/h7-8,10-11,25H,2-6,9H2,1H3,(H,23,27)(H3,19,20,21,22)/b13-7+,16-12+. The van der Waals surface area contributed by atoms with Gasteiger partial charge in [-0.1, -0.05) is 6.42 Å². The van der Waals surface area contributed by atoms with E-state index in [-0.39, 0.29) is 24.0 Å². The normalized spacial score (nSPS) is 21.2. The molecule has 1 saturated carbocycles. The van der Waals surface area contributed by atoms with Gasteiger partial charge in [0.15, 0.2) is 6.29 Å². The smallest absolute Gasteiger partial charge is 0.269 e. The van der Waals surface area contributed by atoms with Crippen LogP contribution in [-0.4, -0.2) is 51.5 Å². The number of carbonyl (C=O) groups excluding carboxylic acids is 2. The Balaban J connectivity index is 1.92. The molecule has 0 unspecified atom stereocenters. The van der Waals surface area contributed by atoms with Crippen molar-refractivity contribution in [3.05, 3.63) is 35.4 Å². The Labute approximate surface area is 157 Å². The van der Waals surface area contributed by atoms with Gasteiger partial charge in [0.2, 0.25) is 0 Å². The van der Waals surface area contributed by atoms with E-state index in [1.54, 1.807) is 0 Å². The maximum Gasteiger partial charge on any atom is 0.269 e. The van der Waals surface area contributed by atoms with Gasteiger partial charge in [-0.2, -0.15) is 0 Å². The van der Waals surface area contributed by atoms with E-state index in [1.807, 2.05) is 11.9 Å². The molecule has 0 radical (unpaired) electrons. The number of aromatic nitrogens is 2. The fraction of sp³-hybridized carbons (Fsp3) is 0.444. The molecule has 3 rings (SSSR count). The predicted octanol–water partition coefficient (Wildman–Crippen LogP) is 0.522. The monoisotopic (exact) mass is 372 g/mol.